The number of Topliss-reactive ketones (excluding diaryl/α,β-unsaturated/α-hetero) is 2. The minimum atomic E-state index is -1.12. The summed E-state index contributed by atoms with van der Waals surface area (Å²) >= 11 is 5.73. The second kappa shape index (κ2) is 7.50. The summed E-state index contributed by atoms with van der Waals surface area (Å²) in [4.78, 5) is 30.1. The summed E-state index contributed by atoms with van der Waals surface area (Å²) in [5, 5.41) is 0.153. The standard InChI is InChI=1S/C22H23ClFNO4/c1-6-12-7-8-14(28-20-16(24)9-13(23)11-25-20)10-15(12)17-18(26)21(2,3)29-22(4,5)19(17)27/h7-11,17H,6H2,1-5H3. The average Bonchev–Trinajstić information content (AvgIpc) is 2.62. The van der Waals surface area contributed by atoms with E-state index in [9.17, 15) is 14.0 Å². The summed E-state index contributed by atoms with van der Waals surface area (Å²) in [6.45, 7) is 8.58. The van der Waals surface area contributed by atoms with Crippen molar-refractivity contribution in [3.63, 3.8) is 0 Å². The molecule has 5 nitrogen and oxygen atoms in total. The van der Waals surface area contributed by atoms with Gasteiger partial charge in [-0.05, 0) is 63.4 Å². The molecule has 0 amide bonds. The van der Waals surface area contributed by atoms with Gasteiger partial charge in [0.2, 0.25) is 0 Å². The topological polar surface area (TPSA) is 65.5 Å². The Kier molecular flexibility index (Phi) is 5.54. The number of nitrogens with zero attached hydrogens (tertiary/aromatic N) is 1. The van der Waals surface area contributed by atoms with E-state index in [1.54, 1.807) is 45.9 Å². The van der Waals surface area contributed by atoms with Crippen LogP contribution >= 0.6 is 11.6 Å². The zero-order valence-corrected chi connectivity index (χ0v) is 17.8. The van der Waals surface area contributed by atoms with Gasteiger partial charge < -0.3 is 9.47 Å². The Hall–Kier alpha value is -2.31. The molecule has 0 unspecified atom stereocenters. The molecule has 0 N–H and O–H groups in total. The van der Waals surface area contributed by atoms with E-state index < -0.39 is 22.9 Å². The summed E-state index contributed by atoms with van der Waals surface area (Å²) in [6.07, 6.45) is 1.89. The van der Waals surface area contributed by atoms with Gasteiger partial charge in [0.1, 0.15) is 22.9 Å². The molecule has 1 aliphatic heterocycles. The number of aromatic nitrogens is 1. The molecule has 0 radical (unpaired) electrons. The highest BCUT2D eigenvalue weighted by atomic mass is 35.5. The van der Waals surface area contributed by atoms with Crippen LogP contribution in [-0.4, -0.2) is 27.8 Å². The van der Waals surface area contributed by atoms with E-state index in [2.05, 4.69) is 4.98 Å². The lowest BCUT2D eigenvalue weighted by atomic mass is 9.73. The van der Waals surface area contributed by atoms with Crippen molar-refractivity contribution in [2.24, 2.45) is 0 Å². The van der Waals surface area contributed by atoms with E-state index >= 15 is 0 Å². The van der Waals surface area contributed by atoms with Crippen LogP contribution in [0.3, 0.4) is 0 Å². The monoisotopic (exact) mass is 419 g/mol. The third-order valence-electron chi connectivity index (χ3n) is 5.02. The summed E-state index contributed by atoms with van der Waals surface area (Å²) < 4.78 is 25.4. The summed E-state index contributed by atoms with van der Waals surface area (Å²) in [5.74, 6) is -2.30. The lowest BCUT2D eigenvalue weighted by Crippen LogP contribution is -2.58. The second-order valence-corrected chi connectivity index (χ2v) is 8.48. The Labute approximate surface area is 174 Å². The van der Waals surface area contributed by atoms with Gasteiger partial charge in [-0.2, -0.15) is 0 Å². The molecular formula is C22H23ClFNO4. The van der Waals surface area contributed by atoms with Crippen LogP contribution in [0.4, 0.5) is 4.39 Å². The van der Waals surface area contributed by atoms with Crippen molar-refractivity contribution >= 4 is 23.2 Å². The minimum Gasteiger partial charge on any atom is -0.436 e. The Morgan fingerprint density at radius 2 is 1.76 bits per heavy atom. The molecule has 1 aliphatic rings. The third kappa shape index (κ3) is 4.05. The maximum absolute atomic E-state index is 14.1. The number of hydrogen-bond donors (Lipinski definition) is 0. The fourth-order valence-corrected chi connectivity index (χ4v) is 3.80. The number of ether oxygens (including phenoxy) is 2. The van der Waals surface area contributed by atoms with Crippen LogP contribution in [-0.2, 0) is 20.7 Å². The van der Waals surface area contributed by atoms with Crippen molar-refractivity contribution in [1.82, 2.24) is 4.98 Å². The highest BCUT2D eigenvalue weighted by Gasteiger charge is 2.53. The van der Waals surface area contributed by atoms with E-state index in [1.165, 1.54) is 6.20 Å². The smallest absolute Gasteiger partial charge is 0.255 e. The quantitative estimate of drug-likeness (QED) is 0.649. The number of hydrogen-bond acceptors (Lipinski definition) is 5. The van der Waals surface area contributed by atoms with Gasteiger partial charge in [-0.1, -0.05) is 24.6 Å². The van der Waals surface area contributed by atoms with E-state index in [0.29, 0.717) is 12.0 Å². The number of carbonyl (C=O) groups is 2. The molecular weight excluding hydrogens is 397 g/mol. The molecule has 2 heterocycles. The van der Waals surface area contributed by atoms with Crippen LogP contribution < -0.4 is 4.74 Å². The SMILES string of the molecule is CCc1ccc(Oc2ncc(Cl)cc2F)cc1C1C(=O)C(C)(C)OC(C)(C)C1=O. The second-order valence-electron chi connectivity index (χ2n) is 8.04. The number of benzene rings is 1. The number of pyridine rings is 1. The van der Waals surface area contributed by atoms with Gasteiger partial charge in [0.05, 0.1) is 5.02 Å². The van der Waals surface area contributed by atoms with Gasteiger partial charge in [-0.15, -0.1) is 0 Å². The first kappa shape index (κ1) is 21.4. The molecule has 1 saturated heterocycles. The van der Waals surface area contributed by atoms with Crippen molar-refractivity contribution in [3.05, 3.63) is 52.4 Å². The van der Waals surface area contributed by atoms with Gasteiger partial charge in [0.25, 0.3) is 5.88 Å². The highest BCUT2D eigenvalue weighted by Crippen LogP contribution is 2.41. The number of rotatable bonds is 4. The van der Waals surface area contributed by atoms with Crippen LogP contribution in [0.25, 0.3) is 0 Å². The lowest BCUT2D eigenvalue weighted by Gasteiger charge is -2.43. The van der Waals surface area contributed by atoms with Gasteiger partial charge in [0.15, 0.2) is 17.4 Å². The lowest BCUT2D eigenvalue weighted by molar-refractivity contribution is -0.184. The van der Waals surface area contributed by atoms with E-state index in [0.717, 1.165) is 11.6 Å². The molecule has 7 heteroatoms. The van der Waals surface area contributed by atoms with Crippen molar-refractivity contribution in [1.29, 1.82) is 0 Å². The van der Waals surface area contributed by atoms with Crippen molar-refractivity contribution in [3.8, 4) is 11.6 Å². The predicted molar refractivity (Wildman–Crippen MR) is 107 cm³/mol. The van der Waals surface area contributed by atoms with Gasteiger partial charge in [-0.25, -0.2) is 9.37 Å². The maximum atomic E-state index is 14.1. The summed E-state index contributed by atoms with van der Waals surface area (Å²) in [6, 6.07) is 6.13. The van der Waals surface area contributed by atoms with E-state index in [-0.39, 0.29) is 28.2 Å². The Balaban J connectivity index is 2.07. The summed E-state index contributed by atoms with van der Waals surface area (Å²) in [7, 11) is 0. The average molecular weight is 420 g/mol. The molecule has 3 rings (SSSR count). The van der Waals surface area contributed by atoms with Gasteiger partial charge in [0, 0.05) is 6.20 Å². The highest BCUT2D eigenvalue weighted by molar-refractivity contribution is 6.30. The molecule has 29 heavy (non-hydrogen) atoms. The molecule has 0 spiro atoms. The van der Waals surface area contributed by atoms with Crippen LogP contribution in [0.2, 0.25) is 5.02 Å². The maximum Gasteiger partial charge on any atom is 0.255 e. The van der Waals surface area contributed by atoms with E-state index in [4.69, 9.17) is 21.1 Å². The first-order valence-corrected chi connectivity index (χ1v) is 9.74. The number of ketones is 2. The van der Waals surface area contributed by atoms with Crippen molar-refractivity contribution in [2.45, 2.75) is 58.2 Å². The zero-order chi connectivity index (χ0) is 21.6. The summed E-state index contributed by atoms with van der Waals surface area (Å²) in [5.41, 5.74) is -0.859. The first-order chi connectivity index (χ1) is 13.5. The fourth-order valence-electron chi connectivity index (χ4n) is 3.65. The van der Waals surface area contributed by atoms with E-state index in [1.807, 2.05) is 6.92 Å². The normalized spacial score (nSPS) is 18.7. The molecule has 1 fully saturated rings. The molecule has 0 saturated carbocycles. The van der Waals surface area contributed by atoms with Gasteiger partial charge in [-0.3, -0.25) is 9.59 Å². The molecule has 0 aliphatic carbocycles. The van der Waals surface area contributed by atoms with Crippen LogP contribution in [0.5, 0.6) is 11.6 Å². The first-order valence-electron chi connectivity index (χ1n) is 9.37. The van der Waals surface area contributed by atoms with Crippen LogP contribution in [0, 0.1) is 5.82 Å². The Bertz CT molecular complexity index is 961. The van der Waals surface area contributed by atoms with Crippen LogP contribution in [0.15, 0.2) is 30.5 Å². The molecule has 1 aromatic heterocycles. The number of carbonyl (C=O) groups excluding carboxylic acids is 2. The Morgan fingerprint density at radius 1 is 1.14 bits per heavy atom. The molecule has 154 valence electrons. The molecule has 0 atom stereocenters. The zero-order valence-electron chi connectivity index (χ0n) is 17.0. The largest absolute Gasteiger partial charge is 0.436 e. The Morgan fingerprint density at radius 3 is 2.31 bits per heavy atom. The molecule has 2 aromatic rings. The van der Waals surface area contributed by atoms with Crippen molar-refractivity contribution in [2.75, 3.05) is 0 Å². The van der Waals surface area contributed by atoms with Crippen molar-refractivity contribution < 1.29 is 23.5 Å². The third-order valence-corrected chi connectivity index (χ3v) is 5.23. The van der Waals surface area contributed by atoms with Gasteiger partial charge >= 0.3 is 0 Å². The predicted octanol–water partition coefficient (Wildman–Crippen LogP) is 5.04. The molecule has 1 aromatic carbocycles. The minimum absolute atomic E-state index is 0.153. The number of halogens is 2. The number of aryl methyl sites for hydroxylation is 1. The van der Waals surface area contributed by atoms with Crippen LogP contribution in [0.1, 0.15) is 51.7 Å². The molecule has 0 bridgehead atoms. The fraction of sp³-hybridized carbons (Fsp3) is 0.409.